The smallest absolute Gasteiger partial charge is 0.247 e. The van der Waals surface area contributed by atoms with Gasteiger partial charge in [0.05, 0.1) is 6.20 Å². The highest BCUT2D eigenvalue weighted by Crippen LogP contribution is 2.26. The summed E-state index contributed by atoms with van der Waals surface area (Å²) in [5.41, 5.74) is 1.62. The Morgan fingerprint density at radius 2 is 1.90 bits per heavy atom. The Hall–Kier alpha value is -1.44. The van der Waals surface area contributed by atoms with Crippen LogP contribution in [0.3, 0.4) is 0 Å². The van der Waals surface area contributed by atoms with E-state index >= 15 is 0 Å². The van der Waals surface area contributed by atoms with Gasteiger partial charge in [-0.25, -0.2) is 4.98 Å². The average molecular weight is 398 g/mol. The van der Waals surface area contributed by atoms with E-state index in [1.165, 1.54) is 0 Å². The molecule has 112 valence electrons. The molecule has 6 heteroatoms. The van der Waals surface area contributed by atoms with Crippen LogP contribution in [0.25, 0.3) is 17.1 Å². The number of hydrogen-bond donors (Lipinski definition) is 0. The van der Waals surface area contributed by atoms with Crippen molar-refractivity contribution in [3.05, 3.63) is 34.1 Å². The quantitative estimate of drug-likeness (QED) is 0.574. The normalized spacial score (nSPS) is 11.3. The van der Waals surface area contributed by atoms with Crippen molar-refractivity contribution in [2.24, 2.45) is 0 Å². The van der Waals surface area contributed by atoms with Crippen molar-refractivity contribution in [1.29, 1.82) is 0 Å². The molecular formula is C15H19IN4O. The maximum absolute atomic E-state index is 5.73. The summed E-state index contributed by atoms with van der Waals surface area (Å²) in [6, 6.07) is 3.90. The number of nitrogens with zero attached hydrogens (tertiary/aromatic N) is 4. The van der Waals surface area contributed by atoms with Crippen molar-refractivity contribution in [1.82, 2.24) is 19.6 Å². The monoisotopic (exact) mass is 398 g/mol. The summed E-state index contributed by atoms with van der Waals surface area (Å²) in [6.45, 7) is 10.1. The van der Waals surface area contributed by atoms with E-state index in [0.717, 1.165) is 14.9 Å². The molecule has 0 N–H and O–H groups in total. The Morgan fingerprint density at radius 1 is 1.19 bits per heavy atom. The second kappa shape index (κ2) is 6.13. The highest BCUT2D eigenvalue weighted by molar-refractivity contribution is 14.1. The molecule has 0 bridgehead atoms. The predicted molar refractivity (Wildman–Crippen MR) is 91.2 cm³/mol. The second-order valence-corrected chi connectivity index (χ2v) is 6.49. The molecule has 21 heavy (non-hydrogen) atoms. The number of imidazole rings is 1. The molecule has 0 saturated heterocycles. The first-order valence-corrected chi connectivity index (χ1v) is 8.00. The van der Waals surface area contributed by atoms with E-state index in [-0.39, 0.29) is 5.41 Å². The lowest BCUT2D eigenvalue weighted by atomic mass is 9.97. The third-order valence-corrected chi connectivity index (χ3v) is 3.58. The molecule has 3 aromatic heterocycles. The Balaban J connectivity index is 0.000000774. The van der Waals surface area contributed by atoms with Gasteiger partial charge in [-0.1, -0.05) is 34.6 Å². The van der Waals surface area contributed by atoms with Gasteiger partial charge in [-0.2, -0.15) is 0 Å². The van der Waals surface area contributed by atoms with Gasteiger partial charge in [0.1, 0.15) is 9.35 Å². The lowest BCUT2D eigenvalue weighted by Crippen LogP contribution is -2.11. The van der Waals surface area contributed by atoms with Crippen molar-refractivity contribution < 1.29 is 4.42 Å². The lowest BCUT2D eigenvalue weighted by molar-refractivity contribution is 0.399. The molecule has 0 atom stereocenters. The van der Waals surface area contributed by atoms with Gasteiger partial charge in [0.25, 0.3) is 0 Å². The van der Waals surface area contributed by atoms with E-state index in [9.17, 15) is 0 Å². The molecule has 0 aliphatic carbocycles. The second-order valence-electron chi connectivity index (χ2n) is 5.39. The predicted octanol–water partition coefficient (Wildman–Crippen LogP) is 4.31. The zero-order valence-corrected chi connectivity index (χ0v) is 15.0. The van der Waals surface area contributed by atoms with Crippen LogP contribution >= 0.6 is 22.6 Å². The number of pyridine rings is 1. The molecule has 0 saturated carbocycles. The average Bonchev–Trinajstić information content (AvgIpc) is 3.08. The number of halogens is 1. The molecule has 0 aliphatic heterocycles. The summed E-state index contributed by atoms with van der Waals surface area (Å²) in [5, 5.41) is 8.21. The third-order valence-electron chi connectivity index (χ3n) is 2.78. The molecule has 0 amide bonds. The van der Waals surface area contributed by atoms with Gasteiger partial charge < -0.3 is 4.42 Å². The first-order chi connectivity index (χ1) is 9.95. The molecular weight excluding hydrogens is 379 g/mol. The molecule has 0 unspecified atom stereocenters. The summed E-state index contributed by atoms with van der Waals surface area (Å²) in [4.78, 5) is 4.33. The summed E-state index contributed by atoms with van der Waals surface area (Å²) in [6.07, 6.45) is 3.79. The van der Waals surface area contributed by atoms with Crippen LogP contribution in [0.5, 0.6) is 0 Å². The van der Waals surface area contributed by atoms with Crippen LogP contribution in [0.2, 0.25) is 0 Å². The van der Waals surface area contributed by atoms with Gasteiger partial charge in [0.2, 0.25) is 11.8 Å². The van der Waals surface area contributed by atoms with Gasteiger partial charge in [-0.05, 0) is 34.7 Å². The van der Waals surface area contributed by atoms with E-state index in [1.54, 1.807) is 0 Å². The van der Waals surface area contributed by atoms with Crippen molar-refractivity contribution in [2.45, 2.75) is 40.0 Å². The minimum atomic E-state index is -0.141. The topological polar surface area (TPSA) is 56.2 Å². The SMILES string of the molecule is CC.CC(C)(C)c1nnc(-c2ccn3c(I)cnc3c2)o1. The van der Waals surface area contributed by atoms with Crippen LogP contribution in [-0.4, -0.2) is 19.6 Å². The molecule has 0 aliphatic rings. The van der Waals surface area contributed by atoms with Crippen molar-refractivity contribution >= 4 is 28.2 Å². The van der Waals surface area contributed by atoms with Crippen LogP contribution in [0, 0.1) is 3.70 Å². The van der Waals surface area contributed by atoms with E-state index in [0.29, 0.717) is 11.8 Å². The summed E-state index contributed by atoms with van der Waals surface area (Å²) >= 11 is 2.24. The van der Waals surface area contributed by atoms with Crippen molar-refractivity contribution in [3.8, 4) is 11.5 Å². The van der Waals surface area contributed by atoms with E-state index in [4.69, 9.17) is 4.42 Å². The maximum Gasteiger partial charge on any atom is 0.247 e. The fraction of sp³-hybridized carbons (Fsp3) is 0.400. The first kappa shape index (κ1) is 15.9. The summed E-state index contributed by atoms with van der Waals surface area (Å²) < 4.78 is 8.80. The Labute approximate surface area is 137 Å². The highest BCUT2D eigenvalue weighted by atomic mass is 127. The number of rotatable bonds is 1. The fourth-order valence-corrected chi connectivity index (χ4v) is 2.27. The lowest BCUT2D eigenvalue weighted by Gasteiger charge is -2.10. The number of fused-ring (bicyclic) bond motifs is 1. The van der Waals surface area contributed by atoms with Gasteiger partial charge in [-0.15, -0.1) is 10.2 Å². The van der Waals surface area contributed by atoms with E-state index < -0.39 is 0 Å². The van der Waals surface area contributed by atoms with Crippen LogP contribution < -0.4 is 0 Å². The molecule has 3 heterocycles. The van der Waals surface area contributed by atoms with Gasteiger partial charge in [0.15, 0.2) is 0 Å². The molecule has 0 fully saturated rings. The molecule has 0 aromatic carbocycles. The highest BCUT2D eigenvalue weighted by Gasteiger charge is 2.22. The Morgan fingerprint density at radius 3 is 2.52 bits per heavy atom. The Bertz CT molecular complexity index is 740. The number of aromatic nitrogens is 4. The summed E-state index contributed by atoms with van der Waals surface area (Å²) in [5.74, 6) is 1.17. The maximum atomic E-state index is 5.73. The van der Waals surface area contributed by atoms with Gasteiger partial charge in [0, 0.05) is 17.2 Å². The first-order valence-electron chi connectivity index (χ1n) is 6.92. The molecule has 0 radical (unpaired) electrons. The van der Waals surface area contributed by atoms with E-state index in [2.05, 4.69) is 37.8 Å². The minimum absolute atomic E-state index is 0.141. The molecule has 3 rings (SSSR count). The van der Waals surface area contributed by atoms with Gasteiger partial charge in [-0.3, -0.25) is 4.40 Å². The third kappa shape index (κ3) is 3.25. The van der Waals surface area contributed by atoms with Crippen molar-refractivity contribution in [3.63, 3.8) is 0 Å². The van der Waals surface area contributed by atoms with Crippen LogP contribution in [0.1, 0.15) is 40.5 Å². The molecule has 3 aromatic rings. The fourth-order valence-electron chi connectivity index (χ4n) is 1.73. The molecule has 0 spiro atoms. The van der Waals surface area contributed by atoms with E-state index in [1.807, 2.05) is 63.5 Å². The largest absolute Gasteiger partial charge is 0.420 e. The van der Waals surface area contributed by atoms with Crippen LogP contribution in [0.4, 0.5) is 0 Å². The zero-order chi connectivity index (χ0) is 15.6. The zero-order valence-electron chi connectivity index (χ0n) is 12.9. The van der Waals surface area contributed by atoms with Crippen molar-refractivity contribution in [2.75, 3.05) is 0 Å². The molecule has 5 nitrogen and oxygen atoms in total. The Kier molecular flexibility index (Phi) is 4.65. The van der Waals surface area contributed by atoms with Crippen LogP contribution in [-0.2, 0) is 5.41 Å². The van der Waals surface area contributed by atoms with Crippen LogP contribution in [0.15, 0.2) is 28.9 Å². The minimum Gasteiger partial charge on any atom is -0.420 e. The standard InChI is InChI=1S/C13H13IN4O.C2H6/c1-13(2,3)12-17-16-11(19-12)8-4-5-18-9(14)7-15-10(18)6-8;1-2/h4-7H,1-3H3;1-2H3. The van der Waals surface area contributed by atoms with Gasteiger partial charge >= 0.3 is 0 Å². The number of hydrogen-bond acceptors (Lipinski definition) is 4. The summed E-state index contributed by atoms with van der Waals surface area (Å²) in [7, 11) is 0.